The summed E-state index contributed by atoms with van der Waals surface area (Å²) >= 11 is 0. The van der Waals surface area contributed by atoms with Crippen LogP contribution in [0.15, 0.2) is 0 Å². The summed E-state index contributed by atoms with van der Waals surface area (Å²) in [4.78, 5) is 2.44. The number of hydrogen-bond acceptors (Lipinski definition) is 2. The lowest BCUT2D eigenvalue weighted by molar-refractivity contribution is 0.0344. The number of hydrogen-bond donors (Lipinski definition) is 1. The number of piperidine rings is 1. The lowest BCUT2D eigenvalue weighted by Crippen LogP contribution is -2.43. The maximum absolute atomic E-state index is 9.54. The van der Waals surface area contributed by atoms with Crippen LogP contribution in [0.5, 0.6) is 0 Å². The zero-order chi connectivity index (χ0) is 6.97. The van der Waals surface area contributed by atoms with Gasteiger partial charge in [0, 0.05) is 6.04 Å². The van der Waals surface area contributed by atoms with E-state index in [4.69, 9.17) is 0 Å². The van der Waals surface area contributed by atoms with Crippen molar-refractivity contribution in [1.82, 2.24) is 4.90 Å². The van der Waals surface area contributed by atoms with Crippen molar-refractivity contribution in [2.45, 2.75) is 37.8 Å². The van der Waals surface area contributed by atoms with E-state index in [0.717, 1.165) is 6.42 Å². The van der Waals surface area contributed by atoms with E-state index >= 15 is 0 Å². The van der Waals surface area contributed by atoms with Crippen LogP contribution in [-0.4, -0.2) is 35.2 Å². The maximum atomic E-state index is 9.54. The molecule has 10 heavy (non-hydrogen) atoms. The number of rotatable bonds is 0. The van der Waals surface area contributed by atoms with E-state index < -0.39 is 0 Å². The number of fused-ring (bicyclic) bond motifs is 1. The Bertz CT molecular complexity index is 126. The van der Waals surface area contributed by atoms with Crippen molar-refractivity contribution in [3.05, 3.63) is 0 Å². The van der Waals surface area contributed by atoms with Gasteiger partial charge in [-0.1, -0.05) is 0 Å². The molecule has 2 heterocycles. The Kier molecular flexibility index (Phi) is 1.66. The van der Waals surface area contributed by atoms with Crippen LogP contribution in [0, 0.1) is 0 Å². The van der Waals surface area contributed by atoms with Crippen LogP contribution in [0.4, 0.5) is 0 Å². The molecule has 2 heteroatoms. The van der Waals surface area contributed by atoms with Gasteiger partial charge in [0.2, 0.25) is 0 Å². The van der Waals surface area contributed by atoms with Gasteiger partial charge in [-0.25, -0.2) is 0 Å². The summed E-state index contributed by atoms with van der Waals surface area (Å²) in [5, 5.41) is 9.54. The highest BCUT2D eigenvalue weighted by Crippen LogP contribution is 2.26. The van der Waals surface area contributed by atoms with E-state index in [1.807, 2.05) is 0 Å². The molecule has 0 aromatic heterocycles. The molecule has 2 atom stereocenters. The van der Waals surface area contributed by atoms with Crippen LogP contribution in [0.2, 0.25) is 0 Å². The van der Waals surface area contributed by atoms with Crippen molar-refractivity contribution < 1.29 is 5.11 Å². The van der Waals surface area contributed by atoms with E-state index in [1.54, 1.807) is 0 Å². The van der Waals surface area contributed by atoms with Crippen molar-refractivity contribution in [2.24, 2.45) is 0 Å². The summed E-state index contributed by atoms with van der Waals surface area (Å²) in [6.07, 6.45) is 4.72. The third kappa shape index (κ3) is 0.956. The van der Waals surface area contributed by atoms with Gasteiger partial charge in [0.05, 0.1) is 6.10 Å². The molecule has 2 aliphatic rings. The highest BCUT2D eigenvalue weighted by molar-refractivity contribution is 4.88. The van der Waals surface area contributed by atoms with Crippen LogP contribution in [-0.2, 0) is 0 Å². The first-order chi connectivity index (χ1) is 4.88. The Balaban J connectivity index is 2.03. The summed E-state index contributed by atoms with van der Waals surface area (Å²) in [6, 6.07) is 0.522. The molecule has 0 unspecified atom stereocenters. The van der Waals surface area contributed by atoms with E-state index in [1.165, 1.54) is 32.4 Å². The first-order valence-electron chi connectivity index (χ1n) is 4.30. The third-order valence-electron chi connectivity index (χ3n) is 2.80. The minimum absolute atomic E-state index is 0.0174. The largest absolute Gasteiger partial charge is 0.391 e. The minimum Gasteiger partial charge on any atom is -0.391 e. The van der Waals surface area contributed by atoms with Crippen LogP contribution in [0.1, 0.15) is 25.7 Å². The average Bonchev–Trinajstić information content (AvgIpc) is 2.36. The summed E-state index contributed by atoms with van der Waals surface area (Å²) in [5.41, 5.74) is 0. The van der Waals surface area contributed by atoms with Crippen molar-refractivity contribution in [2.75, 3.05) is 13.1 Å². The second-order valence-electron chi connectivity index (χ2n) is 3.46. The lowest BCUT2D eigenvalue weighted by atomic mass is 10.00. The Labute approximate surface area is 61.8 Å². The topological polar surface area (TPSA) is 23.5 Å². The predicted octanol–water partition coefficient (Wildman–Crippen LogP) is 0.605. The molecule has 0 aliphatic carbocycles. The molecule has 0 aromatic carbocycles. The molecule has 0 radical (unpaired) electrons. The van der Waals surface area contributed by atoms with E-state index in [-0.39, 0.29) is 6.10 Å². The van der Waals surface area contributed by atoms with Gasteiger partial charge >= 0.3 is 0 Å². The summed E-state index contributed by atoms with van der Waals surface area (Å²) in [7, 11) is 0. The van der Waals surface area contributed by atoms with Gasteiger partial charge in [-0.2, -0.15) is 0 Å². The second kappa shape index (κ2) is 2.51. The van der Waals surface area contributed by atoms with Crippen molar-refractivity contribution in [1.29, 1.82) is 0 Å². The molecule has 1 N–H and O–H groups in total. The molecule has 2 rings (SSSR count). The zero-order valence-electron chi connectivity index (χ0n) is 6.29. The minimum atomic E-state index is -0.0174. The molecule has 2 aliphatic heterocycles. The first-order valence-corrected chi connectivity index (χ1v) is 4.30. The van der Waals surface area contributed by atoms with E-state index in [9.17, 15) is 5.11 Å². The van der Waals surface area contributed by atoms with Crippen LogP contribution in [0.3, 0.4) is 0 Å². The molecular formula is C8H15NO. The monoisotopic (exact) mass is 141 g/mol. The normalized spacial score (nSPS) is 41.7. The Morgan fingerprint density at radius 1 is 1.10 bits per heavy atom. The molecule has 0 amide bonds. The van der Waals surface area contributed by atoms with Gasteiger partial charge in [-0.15, -0.1) is 0 Å². The second-order valence-corrected chi connectivity index (χ2v) is 3.46. The van der Waals surface area contributed by atoms with Gasteiger partial charge < -0.3 is 5.11 Å². The Hall–Kier alpha value is -0.0800. The molecule has 2 fully saturated rings. The van der Waals surface area contributed by atoms with Gasteiger partial charge in [0.1, 0.15) is 0 Å². The molecule has 0 bridgehead atoms. The van der Waals surface area contributed by atoms with Crippen LogP contribution in [0.25, 0.3) is 0 Å². The van der Waals surface area contributed by atoms with Crippen LogP contribution < -0.4 is 0 Å². The molecule has 58 valence electrons. The molecule has 2 nitrogen and oxygen atoms in total. The summed E-state index contributed by atoms with van der Waals surface area (Å²) in [6.45, 7) is 2.45. The molecule has 2 saturated heterocycles. The number of nitrogens with zero attached hydrogens (tertiary/aromatic N) is 1. The predicted molar refractivity (Wildman–Crippen MR) is 39.8 cm³/mol. The van der Waals surface area contributed by atoms with E-state index in [2.05, 4.69) is 4.90 Å². The summed E-state index contributed by atoms with van der Waals surface area (Å²) in [5.74, 6) is 0. The average molecular weight is 141 g/mol. The Morgan fingerprint density at radius 3 is 2.50 bits per heavy atom. The van der Waals surface area contributed by atoms with Crippen molar-refractivity contribution in [3.63, 3.8) is 0 Å². The summed E-state index contributed by atoms with van der Waals surface area (Å²) < 4.78 is 0. The Morgan fingerprint density at radius 2 is 1.80 bits per heavy atom. The highest BCUT2D eigenvalue weighted by Gasteiger charge is 2.32. The van der Waals surface area contributed by atoms with E-state index in [0.29, 0.717) is 6.04 Å². The van der Waals surface area contributed by atoms with Gasteiger partial charge in [-0.3, -0.25) is 4.90 Å². The fraction of sp³-hybridized carbons (Fsp3) is 1.00. The van der Waals surface area contributed by atoms with Gasteiger partial charge in [0.25, 0.3) is 0 Å². The molecule has 0 aromatic rings. The zero-order valence-corrected chi connectivity index (χ0v) is 6.29. The quantitative estimate of drug-likeness (QED) is 0.534. The van der Waals surface area contributed by atoms with Crippen molar-refractivity contribution in [3.8, 4) is 0 Å². The first kappa shape index (κ1) is 6.62. The highest BCUT2D eigenvalue weighted by atomic mass is 16.3. The van der Waals surface area contributed by atoms with Gasteiger partial charge in [-0.05, 0) is 38.8 Å². The lowest BCUT2D eigenvalue weighted by Gasteiger charge is -2.33. The fourth-order valence-corrected chi connectivity index (χ4v) is 2.26. The SMILES string of the molecule is O[C@H]1CCCN2CCC[C@H]12. The number of aliphatic hydroxyl groups is 1. The van der Waals surface area contributed by atoms with Gasteiger partial charge in [0.15, 0.2) is 0 Å². The third-order valence-corrected chi connectivity index (χ3v) is 2.80. The smallest absolute Gasteiger partial charge is 0.0695 e. The van der Waals surface area contributed by atoms with Crippen molar-refractivity contribution >= 4 is 0 Å². The number of aliphatic hydroxyl groups excluding tert-OH is 1. The fourth-order valence-electron chi connectivity index (χ4n) is 2.26. The maximum Gasteiger partial charge on any atom is 0.0695 e. The molecular weight excluding hydrogens is 126 g/mol. The molecule has 0 saturated carbocycles. The standard InChI is InChI=1S/C8H15NO/c10-8-4-2-6-9-5-1-3-7(8)9/h7-8,10H,1-6H2/t7-,8+/m1/s1. The molecule has 0 spiro atoms. The van der Waals surface area contributed by atoms with Crippen LogP contribution >= 0.6 is 0 Å².